The second-order valence-electron chi connectivity index (χ2n) is 7.29. The van der Waals surface area contributed by atoms with Gasteiger partial charge in [-0.2, -0.15) is 0 Å². The van der Waals surface area contributed by atoms with Crippen LogP contribution in [0, 0.1) is 13.8 Å². The maximum Gasteiger partial charge on any atom is 0.243 e. The van der Waals surface area contributed by atoms with Crippen LogP contribution in [0.4, 0.5) is 11.4 Å². The van der Waals surface area contributed by atoms with Crippen molar-refractivity contribution in [1.82, 2.24) is 10.2 Å². The molecule has 154 valence electrons. The van der Waals surface area contributed by atoms with Crippen LogP contribution in [0.1, 0.15) is 11.1 Å². The summed E-state index contributed by atoms with van der Waals surface area (Å²) in [5.41, 5.74) is 4.58. The van der Waals surface area contributed by atoms with Gasteiger partial charge in [-0.15, -0.1) is 0 Å². The molecule has 2 amide bonds. The zero-order valence-electron chi connectivity index (χ0n) is 16.9. The number of hydrogen-bond donors (Lipinski definition) is 2. The Morgan fingerprint density at radius 3 is 2.41 bits per heavy atom. The fraction of sp³-hybridized carbons (Fsp3) is 0.364. The van der Waals surface area contributed by atoms with Gasteiger partial charge in [-0.3, -0.25) is 14.5 Å². The molecule has 6 nitrogen and oxygen atoms in total. The summed E-state index contributed by atoms with van der Waals surface area (Å²) < 4.78 is 0.807. The molecule has 29 heavy (non-hydrogen) atoms. The Hall–Kier alpha value is -2.38. The van der Waals surface area contributed by atoms with E-state index in [4.69, 9.17) is 0 Å². The average molecular weight is 459 g/mol. The van der Waals surface area contributed by atoms with Gasteiger partial charge in [0.05, 0.1) is 18.8 Å². The van der Waals surface area contributed by atoms with Crippen LogP contribution in [0.2, 0.25) is 0 Å². The number of nitrogens with zero attached hydrogens (tertiary/aromatic N) is 2. The van der Waals surface area contributed by atoms with Crippen molar-refractivity contribution >= 4 is 39.1 Å². The molecule has 0 spiro atoms. The molecular weight excluding hydrogens is 432 g/mol. The Bertz CT molecular complexity index is 879. The van der Waals surface area contributed by atoms with Gasteiger partial charge in [0.25, 0.3) is 0 Å². The molecule has 1 aliphatic heterocycles. The van der Waals surface area contributed by atoms with Crippen LogP contribution >= 0.6 is 15.9 Å². The summed E-state index contributed by atoms with van der Waals surface area (Å²) in [5.74, 6) is -0.377. The molecule has 1 aliphatic rings. The van der Waals surface area contributed by atoms with Crippen molar-refractivity contribution < 1.29 is 9.59 Å². The van der Waals surface area contributed by atoms with Crippen molar-refractivity contribution in [1.29, 1.82) is 0 Å². The number of benzene rings is 2. The molecule has 1 heterocycles. The van der Waals surface area contributed by atoms with E-state index in [1.165, 1.54) is 16.8 Å². The number of rotatable bonds is 6. The lowest BCUT2D eigenvalue weighted by molar-refractivity contribution is -0.125. The van der Waals surface area contributed by atoms with Crippen molar-refractivity contribution in [3.05, 3.63) is 58.1 Å². The highest BCUT2D eigenvalue weighted by Crippen LogP contribution is 2.24. The maximum absolute atomic E-state index is 12.2. The predicted octanol–water partition coefficient (Wildman–Crippen LogP) is 2.94. The first-order valence-corrected chi connectivity index (χ1v) is 10.6. The summed E-state index contributed by atoms with van der Waals surface area (Å²) in [7, 11) is 0. The van der Waals surface area contributed by atoms with Crippen LogP contribution in [-0.4, -0.2) is 56.0 Å². The van der Waals surface area contributed by atoms with Gasteiger partial charge in [0.2, 0.25) is 11.8 Å². The van der Waals surface area contributed by atoms with Crippen LogP contribution in [-0.2, 0) is 9.59 Å². The summed E-state index contributed by atoms with van der Waals surface area (Å²) in [6.07, 6.45) is 0. The molecule has 2 aromatic rings. The number of para-hydroxylation sites is 1. The van der Waals surface area contributed by atoms with Gasteiger partial charge >= 0.3 is 0 Å². The van der Waals surface area contributed by atoms with Crippen molar-refractivity contribution in [3.8, 4) is 0 Å². The molecule has 7 heteroatoms. The second-order valence-corrected chi connectivity index (χ2v) is 8.14. The fourth-order valence-electron chi connectivity index (χ4n) is 3.42. The summed E-state index contributed by atoms with van der Waals surface area (Å²) >= 11 is 3.39. The van der Waals surface area contributed by atoms with E-state index in [9.17, 15) is 9.59 Å². The lowest BCUT2D eigenvalue weighted by atomic mass is 10.1. The third-order valence-corrected chi connectivity index (χ3v) is 5.94. The molecule has 0 aromatic heterocycles. The lowest BCUT2D eigenvalue weighted by Crippen LogP contribution is -2.50. The van der Waals surface area contributed by atoms with Crippen LogP contribution in [0.3, 0.4) is 0 Å². The van der Waals surface area contributed by atoms with Gasteiger partial charge in [-0.25, -0.2) is 0 Å². The Balaban J connectivity index is 1.41. The summed E-state index contributed by atoms with van der Waals surface area (Å²) in [5, 5.41) is 5.49. The number of amides is 2. The average Bonchev–Trinajstić information content (AvgIpc) is 2.71. The normalized spacial score (nSPS) is 14.5. The van der Waals surface area contributed by atoms with E-state index < -0.39 is 0 Å². The number of halogens is 1. The molecule has 2 N–H and O–H groups in total. The molecule has 1 saturated heterocycles. The largest absolute Gasteiger partial charge is 0.369 e. The number of carbonyl (C=O) groups is 2. The quantitative estimate of drug-likeness (QED) is 0.698. The molecule has 3 rings (SSSR count). The molecule has 0 bridgehead atoms. The summed E-state index contributed by atoms with van der Waals surface area (Å²) in [6.45, 7) is 7.98. The van der Waals surface area contributed by atoms with Crippen LogP contribution in [0.5, 0.6) is 0 Å². The minimum atomic E-state index is -0.245. The van der Waals surface area contributed by atoms with Gasteiger partial charge in [0, 0.05) is 36.3 Å². The van der Waals surface area contributed by atoms with Crippen molar-refractivity contribution in [2.75, 3.05) is 49.5 Å². The Morgan fingerprint density at radius 2 is 1.69 bits per heavy atom. The van der Waals surface area contributed by atoms with Gasteiger partial charge in [-0.1, -0.05) is 24.3 Å². The highest BCUT2D eigenvalue weighted by atomic mass is 79.9. The molecular formula is C22H27BrN4O2. The third kappa shape index (κ3) is 5.81. The lowest BCUT2D eigenvalue weighted by Gasteiger charge is -2.36. The second kappa shape index (κ2) is 9.89. The first-order valence-electron chi connectivity index (χ1n) is 9.78. The summed E-state index contributed by atoms with van der Waals surface area (Å²) in [4.78, 5) is 28.8. The minimum Gasteiger partial charge on any atom is -0.369 e. The topological polar surface area (TPSA) is 64.7 Å². The zero-order valence-corrected chi connectivity index (χ0v) is 18.5. The van der Waals surface area contributed by atoms with E-state index in [-0.39, 0.29) is 18.4 Å². The van der Waals surface area contributed by atoms with E-state index in [1.807, 2.05) is 18.2 Å². The molecule has 2 aromatic carbocycles. The first kappa shape index (κ1) is 21.3. The van der Waals surface area contributed by atoms with Crippen molar-refractivity contribution in [2.45, 2.75) is 13.8 Å². The molecule has 0 aliphatic carbocycles. The molecule has 0 radical (unpaired) electrons. The molecule has 1 fully saturated rings. The Morgan fingerprint density at radius 1 is 0.966 bits per heavy atom. The molecule has 0 atom stereocenters. The van der Waals surface area contributed by atoms with Crippen molar-refractivity contribution in [2.24, 2.45) is 0 Å². The number of anilines is 2. The van der Waals surface area contributed by atoms with E-state index in [1.54, 1.807) is 6.07 Å². The van der Waals surface area contributed by atoms with E-state index in [0.717, 1.165) is 30.7 Å². The number of piperazine rings is 1. The minimum absolute atomic E-state index is 0.0391. The summed E-state index contributed by atoms with van der Waals surface area (Å²) in [6, 6.07) is 13.8. The smallest absolute Gasteiger partial charge is 0.243 e. The van der Waals surface area contributed by atoms with Crippen LogP contribution in [0.15, 0.2) is 46.9 Å². The predicted molar refractivity (Wildman–Crippen MR) is 120 cm³/mol. The fourth-order valence-corrected chi connectivity index (χ4v) is 3.80. The van der Waals surface area contributed by atoms with Gasteiger partial charge in [-0.05, 0) is 59.1 Å². The van der Waals surface area contributed by atoms with Crippen molar-refractivity contribution in [3.63, 3.8) is 0 Å². The first-order chi connectivity index (χ1) is 13.9. The van der Waals surface area contributed by atoms with Gasteiger partial charge in [0.15, 0.2) is 0 Å². The van der Waals surface area contributed by atoms with E-state index in [0.29, 0.717) is 12.2 Å². The highest BCUT2D eigenvalue weighted by Gasteiger charge is 2.20. The SMILES string of the molecule is Cc1cccc(N2CCN(CC(=O)NCC(=O)Nc3ccccc3Br)CC2)c1C. The van der Waals surface area contributed by atoms with E-state index in [2.05, 4.69) is 68.4 Å². The number of aryl methyl sites for hydroxylation is 1. The zero-order chi connectivity index (χ0) is 20.8. The number of carbonyl (C=O) groups excluding carboxylic acids is 2. The van der Waals surface area contributed by atoms with Crippen LogP contribution in [0.25, 0.3) is 0 Å². The third-order valence-electron chi connectivity index (χ3n) is 5.25. The Labute approximate surface area is 180 Å². The highest BCUT2D eigenvalue weighted by molar-refractivity contribution is 9.10. The standard InChI is InChI=1S/C22H27BrN4O2/c1-16-6-5-9-20(17(16)2)27-12-10-26(11-13-27)15-22(29)24-14-21(28)25-19-8-4-3-7-18(19)23/h3-9H,10-15H2,1-2H3,(H,24,29)(H,25,28). The van der Waals surface area contributed by atoms with Gasteiger partial charge in [0.1, 0.15) is 0 Å². The van der Waals surface area contributed by atoms with E-state index >= 15 is 0 Å². The molecule has 0 saturated carbocycles. The van der Waals surface area contributed by atoms with Crippen LogP contribution < -0.4 is 15.5 Å². The Kier molecular flexibility index (Phi) is 7.28. The monoisotopic (exact) mass is 458 g/mol. The number of nitrogens with one attached hydrogen (secondary N) is 2. The number of hydrogen-bond acceptors (Lipinski definition) is 4. The maximum atomic E-state index is 12.2. The molecule has 0 unspecified atom stereocenters. The van der Waals surface area contributed by atoms with Gasteiger partial charge < -0.3 is 15.5 Å².